The molecule has 2 heterocycles. The lowest BCUT2D eigenvalue weighted by atomic mass is 10.1. The largest absolute Gasteiger partial charge is 0.464 e. The van der Waals surface area contributed by atoms with Gasteiger partial charge in [-0.1, -0.05) is 0 Å². The van der Waals surface area contributed by atoms with Gasteiger partial charge < -0.3 is 19.8 Å². The Morgan fingerprint density at radius 1 is 1.36 bits per heavy atom. The summed E-state index contributed by atoms with van der Waals surface area (Å²) in [6, 6.07) is 3.75. The van der Waals surface area contributed by atoms with E-state index in [4.69, 9.17) is 9.15 Å². The van der Waals surface area contributed by atoms with E-state index < -0.39 is 10.0 Å². The van der Waals surface area contributed by atoms with Crippen molar-refractivity contribution in [1.82, 2.24) is 15.4 Å². The summed E-state index contributed by atoms with van der Waals surface area (Å²) in [6.07, 6.45) is 3.02. The standard InChI is InChI=1S/C18H32N4O4S.HI/c1-4-19-18(22-15(3)17-9-8-14(2)26-17)20-10-12-27(23,24)21-13-16-7-5-6-11-25-16;/h8-9,15-16,21H,4-7,10-13H2,1-3H3,(H2,19,20,22);1H. The van der Waals surface area contributed by atoms with Crippen LogP contribution < -0.4 is 15.4 Å². The molecule has 0 radical (unpaired) electrons. The second-order valence-electron chi connectivity index (χ2n) is 6.73. The van der Waals surface area contributed by atoms with Gasteiger partial charge in [-0.25, -0.2) is 13.1 Å². The molecule has 0 aliphatic carbocycles. The number of ether oxygens (including phenoxy) is 1. The van der Waals surface area contributed by atoms with E-state index in [0.29, 0.717) is 25.7 Å². The first-order chi connectivity index (χ1) is 12.9. The van der Waals surface area contributed by atoms with Gasteiger partial charge in [0.2, 0.25) is 10.0 Å². The number of hydrogen-bond donors (Lipinski definition) is 3. The van der Waals surface area contributed by atoms with Gasteiger partial charge in [-0.15, -0.1) is 24.0 Å². The molecule has 1 aromatic heterocycles. The number of rotatable bonds is 9. The van der Waals surface area contributed by atoms with Crippen molar-refractivity contribution in [3.05, 3.63) is 23.7 Å². The third kappa shape index (κ3) is 9.10. The fourth-order valence-corrected chi connectivity index (χ4v) is 3.74. The molecular formula is C18H33IN4O4S. The Bertz CT molecular complexity index is 702. The van der Waals surface area contributed by atoms with Crippen LogP contribution in [0.25, 0.3) is 0 Å². The van der Waals surface area contributed by atoms with Gasteiger partial charge in [-0.05, 0) is 52.2 Å². The molecule has 10 heteroatoms. The Labute approximate surface area is 185 Å². The van der Waals surface area contributed by atoms with Crippen molar-refractivity contribution < 1.29 is 17.6 Å². The summed E-state index contributed by atoms with van der Waals surface area (Å²) in [5, 5.41) is 6.35. The van der Waals surface area contributed by atoms with E-state index in [-0.39, 0.29) is 48.4 Å². The molecule has 162 valence electrons. The van der Waals surface area contributed by atoms with Crippen LogP contribution in [0.1, 0.15) is 50.7 Å². The zero-order valence-corrected chi connectivity index (χ0v) is 20.0. The van der Waals surface area contributed by atoms with Crippen LogP contribution in [-0.4, -0.2) is 52.5 Å². The van der Waals surface area contributed by atoms with Crippen molar-refractivity contribution in [2.75, 3.05) is 32.0 Å². The lowest BCUT2D eigenvalue weighted by Gasteiger charge is -2.22. The molecule has 1 saturated heterocycles. The zero-order chi connectivity index (χ0) is 19.7. The fourth-order valence-electron chi connectivity index (χ4n) is 2.82. The van der Waals surface area contributed by atoms with Crippen LogP contribution in [0, 0.1) is 6.92 Å². The minimum atomic E-state index is -3.38. The number of nitrogens with one attached hydrogen (secondary N) is 3. The van der Waals surface area contributed by atoms with E-state index >= 15 is 0 Å². The molecule has 2 rings (SSSR count). The van der Waals surface area contributed by atoms with Crippen LogP contribution in [0.15, 0.2) is 21.5 Å². The third-order valence-electron chi connectivity index (χ3n) is 4.32. The Hall–Kier alpha value is -0.850. The van der Waals surface area contributed by atoms with Crippen molar-refractivity contribution in [3.63, 3.8) is 0 Å². The molecule has 0 amide bonds. The minimum absolute atomic E-state index is 0. The summed E-state index contributed by atoms with van der Waals surface area (Å²) in [7, 11) is -3.38. The number of guanidine groups is 1. The Balaban J connectivity index is 0.00000392. The Kier molecular flexibility index (Phi) is 11.4. The zero-order valence-electron chi connectivity index (χ0n) is 16.9. The highest BCUT2D eigenvalue weighted by Gasteiger charge is 2.17. The lowest BCUT2D eigenvalue weighted by Crippen LogP contribution is -2.40. The van der Waals surface area contributed by atoms with Gasteiger partial charge >= 0.3 is 0 Å². The number of nitrogens with zero attached hydrogens (tertiary/aromatic N) is 1. The average molecular weight is 528 g/mol. The molecular weight excluding hydrogens is 495 g/mol. The summed E-state index contributed by atoms with van der Waals surface area (Å²) in [5.41, 5.74) is 0. The van der Waals surface area contributed by atoms with Crippen molar-refractivity contribution in [1.29, 1.82) is 0 Å². The van der Waals surface area contributed by atoms with E-state index in [1.54, 1.807) is 0 Å². The van der Waals surface area contributed by atoms with Crippen LogP contribution in [-0.2, 0) is 14.8 Å². The van der Waals surface area contributed by atoms with Gasteiger partial charge in [0, 0.05) is 19.7 Å². The maximum atomic E-state index is 12.2. The predicted octanol–water partition coefficient (Wildman–Crippen LogP) is 2.31. The summed E-state index contributed by atoms with van der Waals surface area (Å²) < 4.78 is 38.1. The average Bonchev–Trinajstić information content (AvgIpc) is 3.07. The van der Waals surface area contributed by atoms with Crippen LogP contribution in [0.2, 0.25) is 0 Å². The Morgan fingerprint density at radius 2 is 2.14 bits per heavy atom. The number of aryl methyl sites for hydroxylation is 1. The molecule has 0 spiro atoms. The molecule has 0 saturated carbocycles. The van der Waals surface area contributed by atoms with E-state index in [2.05, 4.69) is 20.3 Å². The van der Waals surface area contributed by atoms with Crippen LogP contribution in [0.4, 0.5) is 0 Å². The molecule has 28 heavy (non-hydrogen) atoms. The van der Waals surface area contributed by atoms with Gasteiger partial charge in [-0.3, -0.25) is 4.99 Å². The molecule has 3 N–H and O–H groups in total. The van der Waals surface area contributed by atoms with Gasteiger partial charge in [-0.2, -0.15) is 0 Å². The highest BCUT2D eigenvalue weighted by molar-refractivity contribution is 14.0. The first-order valence-corrected chi connectivity index (χ1v) is 11.2. The fraction of sp³-hybridized carbons (Fsp3) is 0.722. The maximum absolute atomic E-state index is 12.2. The number of sulfonamides is 1. The molecule has 0 aromatic carbocycles. The Morgan fingerprint density at radius 3 is 2.75 bits per heavy atom. The van der Waals surface area contributed by atoms with Crippen molar-refractivity contribution >= 4 is 40.0 Å². The highest BCUT2D eigenvalue weighted by Crippen LogP contribution is 2.15. The molecule has 0 bridgehead atoms. The van der Waals surface area contributed by atoms with Gasteiger partial charge in [0.1, 0.15) is 11.5 Å². The predicted molar refractivity (Wildman–Crippen MR) is 122 cm³/mol. The van der Waals surface area contributed by atoms with Gasteiger partial charge in [0.25, 0.3) is 0 Å². The topological polar surface area (TPSA) is 105 Å². The summed E-state index contributed by atoms with van der Waals surface area (Å²) >= 11 is 0. The van der Waals surface area contributed by atoms with Gasteiger partial charge in [0.05, 0.1) is 24.4 Å². The normalized spacial score (nSPS) is 19.0. The molecule has 1 fully saturated rings. The van der Waals surface area contributed by atoms with Crippen LogP contribution in [0.5, 0.6) is 0 Å². The summed E-state index contributed by atoms with van der Waals surface area (Å²) in [5.74, 6) is 2.15. The molecule has 1 aliphatic rings. The molecule has 2 unspecified atom stereocenters. The van der Waals surface area contributed by atoms with Crippen molar-refractivity contribution in [2.45, 2.75) is 52.2 Å². The first-order valence-electron chi connectivity index (χ1n) is 9.59. The smallest absolute Gasteiger partial charge is 0.213 e. The monoisotopic (exact) mass is 528 g/mol. The molecule has 8 nitrogen and oxygen atoms in total. The van der Waals surface area contributed by atoms with E-state index in [1.165, 1.54) is 0 Å². The second-order valence-corrected chi connectivity index (χ2v) is 8.66. The van der Waals surface area contributed by atoms with Gasteiger partial charge in [0.15, 0.2) is 5.96 Å². The van der Waals surface area contributed by atoms with Crippen molar-refractivity contribution in [2.24, 2.45) is 4.99 Å². The highest BCUT2D eigenvalue weighted by atomic mass is 127. The van der Waals surface area contributed by atoms with E-state index in [1.807, 2.05) is 32.9 Å². The number of aliphatic imine (C=N–C) groups is 1. The second kappa shape index (κ2) is 12.7. The van der Waals surface area contributed by atoms with E-state index in [0.717, 1.165) is 30.8 Å². The van der Waals surface area contributed by atoms with Crippen LogP contribution in [0.3, 0.4) is 0 Å². The van der Waals surface area contributed by atoms with E-state index in [9.17, 15) is 8.42 Å². The third-order valence-corrected chi connectivity index (χ3v) is 5.65. The van der Waals surface area contributed by atoms with Crippen LogP contribution >= 0.6 is 24.0 Å². The number of furan rings is 1. The summed E-state index contributed by atoms with van der Waals surface area (Å²) in [4.78, 5) is 4.37. The SMILES string of the molecule is CCNC(=NCCS(=O)(=O)NCC1CCCCO1)NC(C)c1ccc(C)o1.I. The summed E-state index contributed by atoms with van der Waals surface area (Å²) in [6.45, 7) is 7.71. The molecule has 1 aromatic rings. The first kappa shape index (κ1) is 25.2. The number of hydrogen-bond acceptors (Lipinski definition) is 5. The van der Waals surface area contributed by atoms with Crippen molar-refractivity contribution in [3.8, 4) is 0 Å². The maximum Gasteiger partial charge on any atom is 0.213 e. The lowest BCUT2D eigenvalue weighted by molar-refractivity contribution is 0.0200. The molecule has 2 atom stereocenters. The minimum Gasteiger partial charge on any atom is -0.464 e. The quantitative estimate of drug-likeness (QED) is 0.258. The number of halogens is 1. The molecule has 1 aliphatic heterocycles.